The largest absolute Gasteiger partial charge is 0.459 e. The van der Waals surface area contributed by atoms with E-state index in [9.17, 15) is 18.0 Å². The van der Waals surface area contributed by atoms with Gasteiger partial charge in [0.15, 0.2) is 0 Å². The maximum Gasteiger partial charge on any atom is 0.330 e. The molecule has 4 aromatic carbocycles. The third-order valence-corrected chi connectivity index (χ3v) is 9.05. The number of nitrogens with zero attached hydrogens (tertiary/aromatic N) is 1. The van der Waals surface area contributed by atoms with Gasteiger partial charge in [-0.25, -0.2) is 17.5 Å². The second kappa shape index (κ2) is 12.5. The summed E-state index contributed by atoms with van der Waals surface area (Å²) in [6.07, 6.45) is 0.265. The fourth-order valence-corrected chi connectivity index (χ4v) is 6.54. The van der Waals surface area contributed by atoms with Gasteiger partial charge >= 0.3 is 5.97 Å². The molecule has 0 spiro atoms. The molecular weight excluding hydrogens is 536 g/mol. The Kier molecular flexibility index (Phi) is 8.61. The van der Waals surface area contributed by atoms with Crippen LogP contribution in [0, 0.1) is 6.92 Å². The minimum Gasteiger partial charge on any atom is -0.459 e. The lowest BCUT2D eigenvalue weighted by Crippen LogP contribution is -2.57. The number of carbonyl (C=O) groups is 2. The highest BCUT2D eigenvalue weighted by molar-refractivity contribution is 7.89. The van der Waals surface area contributed by atoms with Gasteiger partial charge in [-0.2, -0.15) is 0 Å². The summed E-state index contributed by atoms with van der Waals surface area (Å²) in [6.45, 7) is 2.21. The van der Waals surface area contributed by atoms with Crippen LogP contribution in [-0.4, -0.2) is 36.7 Å². The molecule has 1 aliphatic rings. The lowest BCUT2D eigenvalue weighted by Gasteiger charge is -2.34. The molecule has 0 fully saturated rings. The Bertz CT molecular complexity index is 1610. The SMILES string of the molecule is Cc1ccc(S(=O)(=O)N(C(=O)C2Cc3ccccc3CN2)C(Cc2ccccc2)C(=O)OCc2ccccc2)cc1. The van der Waals surface area contributed by atoms with Crippen molar-refractivity contribution in [1.82, 2.24) is 9.62 Å². The van der Waals surface area contributed by atoms with Gasteiger partial charge in [-0.3, -0.25) is 4.79 Å². The van der Waals surface area contributed by atoms with Crippen molar-refractivity contribution in [3.8, 4) is 0 Å². The first kappa shape index (κ1) is 28.3. The van der Waals surface area contributed by atoms with Crippen molar-refractivity contribution in [1.29, 1.82) is 0 Å². The van der Waals surface area contributed by atoms with Gasteiger partial charge in [-0.15, -0.1) is 0 Å². The van der Waals surface area contributed by atoms with E-state index in [-0.39, 0.29) is 17.9 Å². The molecule has 1 amide bonds. The summed E-state index contributed by atoms with van der Waals surface area (Å²) < 4.78 is 34.9. The molecule has 0 bridgehead atoms. The molecule has 1 aliphatic heterocycles. The van der Waals surface area contributed by atoms with Gasteiger partial charge < -0.3 is 10.1 Å². The molecule has 7 nitrogen and oxygen atoms in total. The van der Waals surface area contributed by atoms with E-state index in [1.807, 2.05) is 79.7 Å². The van der Waals surface area contributed by atoms with E-state index in [4.69, 9.17) is 4.74 Å². The normalized spacial score (nSPS) is 15.4. The van der Waals surface area contributed by atoms with Crippen LogP contribution in [0.25, 0.3) is 0 Å². The van der Waals surface area contributed by atoms with Crippen molar-refractivity contribution in [2.45, 2.75) is 49.9 Å². The summed E-state index contributed by atoms with van der Waals surface area (Å²) in [5, 5.41) is 3.20. The average molecular weight is 569 g/mol. The maximum absolute atomic E-state index is 14.3. The number of sulfonamides is 1. The number of benzene rings is 4. The van der Waals surface area contributed by atoms with Gasteiger partial charge in [0.1, 0.15) is 12.6 Å². The monoisotopic (exact) mass is 568 g/mol. The molecule has 210 valence electrons. The predicted octanol–water partition coefficient (Wildman–Crippen LogP) is 4.58. The van der Waals surface area contributed by atoms with Crippen molar-refractivity contribution < 1.29 is 22.7 Å². The molecule has 8 heteroatoms. The zero-order chi connectivity index (χ0) is 28.8. The summed E-state index contributed by atoms with van der Waals surface area (Å²) in [6, 6.07) is 29.9. The Hall–Kier alpha value is -4.27. The van der Waals surface area contributed by atoms with E-state index >= 15 is 0 Å². The Labute approximate surface area is 240 Å². The summed E-state index contributed by atoms with van der Waals surface area (Å²) >= 11 is 0. The highest BCUT2D eigenvalue weighted by atomic mass is 32.2. The molecule has 5 rings (SSSR count). The number of hydrogen-bond acceptors (Lipinski definition) is 6. The first-order valence-electron chi connectivity index (χ1n) is 13.5. The Morgan fingerprint density at radius 2 is 1.41 bits per heavy atom. The topological polar surface area (TPSA) is 92.8 Å². The van der Waals surface area contributed by atoms with Crippen LogP contribution >= 0.6 is 0 Å². The summed E-state index contributed by atoms with van der Waals surface area (Å²) in [7, 11) is -4.45. The number of aryl methyl sites for hydroxylation is 1. The first-order chi connectivity index (χ1) is 19.8. The molecule has 41 heavy (non-hydrogen) atoms. The standard InChI is InChI=1S/C33H32N2O5S/c1-24-16-18-29(19-17-24)41(38,39)35(32(36)30-21-27-14-8-9-15-28(27)22-34-30)31(20-25-10-4-2-5-11-25)33(37)40-23-26-12-6-3-7-13-26/h2-19,30-31,34H,20-23H2,1H3. The Morgan fingerprint density at radius 1 is 0.829 bits per heavy atom. The van der Waals surface area contributed by atoms with Crippen molar-refractivity contribution in [2.24, 2.45) is 0 Å². The van der Waals surface area contributed by atoms with Crippen molar-refractivity contribution in [3.05, 3.63) is 137 Å². The summed E-state index contributed by atoms with van der Waals surface area (Å²) in [5.74, 6) is -1.49. The maximum atomic E-state index is 14.3. The van der Waals surface area contributed by atoms with E-state index in [2.05, 4.69) is 5.32 Å². The van der Waals surface area contributed by atoms with E-state index in [1.54, 1.807) is 24.3 Å². The smallest absolute Gasteiger partial charge is 0.330 e. The number of esters is 1. The third-order valence-electron chi connectivity index (χ3n) is 7.23. The van der Waals surface area contributed by atoms with Crippen LogP contribution in [0.3, 0.4) is 0 Å². The fraction of sp³-hybridized carbons (Fsp3) is 0.212. The number of amides is 1. The van der Waals surface area contributed by atoms with Crippen LogP contribution < -0.4 is 5.32 Å². The number of rotatable bonds is 9. The van der Waals surface area contributed by atoms with Crippen LogP contribution in [0.2, 0.25) is 0 Å². The molecule has 0 saturated carbocycles. The molecule has 4 aromatic rings. The van der Waals surface area contributed by atoms with Crippen LogP contribution in [-0.2, 0) is 50.3 Å². The average Bonchev–Trinajstić information content (AvgIpc) is 3.00. The molecule has 2 unspecified atom stereocenters. The van der Waals surface area contributed by atoms with E-state index in [0.29, 0.717) is 18.5 Å². The van der Waals surface area contributed by atoms with Crippen LogP contribution in [0.1, 0.15) is 27.8 Å². The van der Waals surface area contributed by atoms with Crippen molar-refractivity contribution in [2.75, 3.05) is 0 Å². The number of carbonyl (C=O) groups excluding carboxylic acids is 2. The second-order valence-corrected chi connectivity index (χ2v) is 12.0. The first-order valence-corrected chi connectivity index (χ1v) is 15.0. The number of fused-ring (bicyclic) bond motifs is 1. The third kappa shape index (κ3) is 6.56. The summed E-state index contributed by atoms with van der Waals surface area (Å²) in [4.78, 5) is 28.0. The van der Waals surface area contributed by atoms with Gasteiger partial charge in [0.2, 0.25) is 0 Å². The van der Waals surface area contributed by atoms with Crippen LogP contribution in [0.5, 0.6) is 0 Å². The number of hydrogen-bond donors (Lipinski definition) is 1. The molecule has 1 N–H and O–H groups in total. The lowest BCUT2D eigenvalue weighted by atomic mass is 9.95. The van der Waals surface area contributed by atoms with Crippen LogP contribution in [0.4, 0.5) is 0 Å². The van der Waals surface area contributed by atoms with Crippen molar-refractivity contribution >= 4 is 21.9 Å². The summed E-state index contributed by atoms with van der Waals surface area (Å²) in [5.41, 5.74) is 4.34. The van der Waals surface area contributed by atoms with E-state index in [0.717, 1.165) is 26.6 Å². The van der Waals surface area contributed by atoms with Gasteiger partial charge in [0, 0.05) is 13.0 Å². The Morgan fingerprint density at radius 3 is 2.07 bits per heavy atom. The van der Waals surface area contributed by atoms with E-state index in [1.165, 1.54) is 12.1 Å². The quantitative estimate of drug-likeness (QED) is 0.297. The number of ether oxygens (including phenoxy) is 1. The zero-order valence-electron chi connectivity index (χ0n) is 22.8. The second-order valence-electron chi connectivity index (χ2n) is 10.2. The Balaban J connectivity index is 1.55. The highest BCUT2D eigenvalue weighted by Gasteiger charge is 2.43. The fourth-order valence-electron chi connectivity index (χ4n) is 4.97. The molecular formula is C33H32N2O5S. The predicted molar refractivity (Wildman–Crippen MR) is 156 cm³/mol. The number of nitrogens with one attached hydrogen (secondary N) is 1. The molecule has 1 heterocycles. The van der Waals surface area contributed by atoms with Crippen molar-refractivity contribution in [3.63, 3.8) is 0 Å². The van der Waals surface area contributed by atoms with E-state index < -0.39 is 34.0 Å². The minimum atomic E-state index is -4.45. The molecule has 0 saturated heterocycles. The van der Waals surface area contributed by atoms with Gasteiger partial charge in [0.25, 0.3) is 15.9 Å². The highest BCUT2D eigenvalue weighted by Crippen LogP contribution is 2.26. The van der Waals surface area contributed by atoms with Gasteiger partial charge in [-0.05, 0) is 47.7 Å². The van der Waals surface area contributed by atoms with Gasteiger partial charge in [0.05, 0.1) is 10.9 Å². The zero-order valence-corrected chi connectivity index (χ0v) is 23.6. The molecule has 0 aliphatic carbocycles. The molecule has 2 atom stereocenters. The molecule has 0 aromatic heterocycles. The van der Waals surface area contributed by atoms with Gasteiger partial charge in [-0.1, -0.05) is 103 Å². The van der Waals surface area contributed by atoms with Crippen LogP contribution in [0.15, 0.2) is 114 Å². The minimum absolute atomic E-state index is 0.0331. The molecule has 0 radical (unpaired) electrons. The lowest BCUT2D eigenvalue weighted by molar-refractivity contribution is -0.153.